The zero-order valence-corrected chi connectivity index (χ0v) is 21.1. The van der Waals surface area contributed by atoms with E-state index >= 15 is 0 Å². The number of anilines is 2. The molecule has 6 nitrogen and oxygen atoms in total. The number of methoxy groups -OCH3 is 1. The number of allylic oxidation sites excluding steroid dienone is 1. The molecule has 2 N–H and O–H groups in total. The summed E-state index contributed by atoms with van der Waals surface area (Å²) in [5.41, 5.74) is 5.29. The molecule has 2 aromatic carbocycles. The van der Waals surface area contributed by atoms with Gasteiger partial charge in [-0.05, 0) is 61.6 Å². The second-order valence-corrected chi connectivity index (χ2v) is 9.87. The van der Waals surface area contributed by atoms with Gasteiger partial charge in [-0.3, -0.25) is 4.79 Å². The fourth-order valence-electron chi connectivity index (χ4n) is 4.45. The standard InChI is InChI=1S/C27H27FN2O4S/c1-15-13-27(3,4)30-21-9-8-18(19-7-6-17(28)12-23(19)33-5)20(24(15)21)14-34-26(32)25-22(10-11-35-25)29-16(2)31/h6-13,30H,14H2,1-5H3,(H,29,31). The summed E-state index contributed by atoms with van der Waals surface area (Å²) in [7, 11) is 1.49. The van der Waals surface area contributed by atoms with E-state index in [9.17, 15) is 14.0 Å². The molecule has 1 aliphatic rings. The molecule has 8 heteroatoms. The second-order valence-electron chi connectivity index (χ2n) is 8.95. The van der Waals surface area contributed by atoms with Crippen LogP contribution in [0.2, 0.25) is 0 Å². The van der Waals surface area contributed by atoms with Gasteiger partial charge in [0.25, 0.3) is 0 Å². The number of rotatable bonds is 6. The number of fused-ring (bicyclic) bond motifs is 1. The molecule has 0 unspecified atom stereocenters. The Morgan fingerprint density at radius 2 is 1.89 bits per heavy atom. The van der Waals surface area contributed by atoms with Crippen LogP contribution in [0.1, 0.15) is 48.5 Å². The molecule has 0 fully saturated rings. The van der Waals surface area contributed by atoms with Crippen molar-refractivity contribution < 1.29 is 23.5 Å². The molecule has 0 radical (unpaired) electrons. The van der Waals surface area contributed by atoms with Crippen LogP contribution >= 0.6 is 11.3 Å². The number of thiophene rings is 1. The summed E-state index contributed by atoms with van der Waals surface area (Å²) < 4.78 is 25.1. The van der Waals surface area contributed by atoms with Crippen LogP contribution in [0.5, 0.6) is 5.75 Å². The lowest BCUT2D eigenvalue weighted by atomic mass is 9.85. The first kappa shape index (κ1) is 24.5. The van der Waals surface area contributed by atoms with Gasteiger partial charge in [0, 0.05) is 35.4 Å². The molecule has 0 aliphatic carbocycles. The Hall–Kier alpha value is -3.65. The third-order valence-corrected chi connectivity index (χ3v) is 6.60. The highest BCUT2D eigenvalue weighted by Crippen LogP contribution is 2.43. The van der Waals surface area contributed by atoms with Crippen molar-refractivity contribution in [3.8, 4) is 16.9 Å². The first-order chi connectivity index (χ1) is 16.6. The van der Waals surface area contributed by atoms with Gasteiger partial charge < -0.3 is 20.1 Å². The number of halogens is 1. The van der Waals surface area contributed by atoms with Gasteiger partial charge in [0.1, 0.15) is 23.1 Å². The smallest absolute Gasteiger partial charge is 0.350 e. The fourth-order valence-corrected chi connectivity index (χ4v) is 5.19. The Kier molecular flexibility index (Phi) is 6.67. The second kappa shape index (κ2) is 9.54. The van der Waals surface area contributed by atoms with E-state index in [2.05, 4.69) is 30.6 Å². The summed E-state index contributed by atoms with van der Waals surface area (Å²) in [6.07, 6.45) is 2.13. The Labute approximate surface area is 207 Å². The van der Waals surface area contributed by atoms with E-state index in [0.717, 1.165) is 28.0 Å². The van der Waals surface area contributed by atoms with E-state index in [1.807, 2.05) is 19.1 Å². The molecule has 182 valence electrons. The Balaban J connectivity index is 1.78. The summed E-state index contributed by atoms with van der Waals surface area (Å²) in [5.74, 6) is -0.826. The predicted octanol–water partition coefficient (Wildman–Crippen LogP) is 6.49. The molecule has 1 aromatic heterocycles. The number of nitrogens with one attached hydrogen (secondary N) is 2. The lowest BCUT2D eigenvalue weighted by Crippen LogP contribution is -2.32. The molecule has 0 bridgehead atoms. The van der Waals surface area contributed by atoms with E-state index < -0.39 is 11.8 Å². The van der Waals surface area contributed by atoms with Gasteiger partial charge in [-0.2, -0.15) is 0 Å². The van der Waals surface area contributed by atoms with Crippen molar-refractivity contribution in [2.75, 3.05) is 17.7 Å². The number of ether oxygens (including phenoxy) is 2. The number of carbonyl (C=O) groups is 2. The topological polar surface area (TPSA) is 76.7 Å². The number of hydrogen-bond donors (Lipinski definition) is 2. The molecule has 0 spiro atoms. The first-order valence-electron chi connectivity index (χ1n) is 11.1. The summed E-state index contributed by atoms with van der Waals surface area (Å²) in [4.78, 5) is 24.8. The minimum absolute atomic E-state index is 0.0252. The average Bonchev–Trinajstić information content (AvgIpc) is 3.23. The van der Waals surface area contributed by atoms with Crippen molar-refractivity contribution in [1.82, 2.24) is 0 Å². The largest absolute Gasteiger partial charge is 0.496 e. The predicted molar refractivity (Wildman–Crippen MR) is 137 cm³/mol. The summed E-state index contributed by atoms with van der Waals surface area (Å²) in [5, 5.41) is 7.89. The number of esters is 1. The minimum atomic E-state index is -0.538. The average molecular weight is 495 g/mol. The maximum absolute atomic E-state index is 13.9. The zero-order valence-electron chi connectivity index (χ0n) is 20.2. The molecule has 2 heterocycles. The molecule has 0 saturated heterocycles. The molecule has 3 aromatic rings. The molecule has 1 amide bonds. The van der Waals surface area contributed by atoms with E-state index in [0.29, 0.717) is 21.9 Å². The summed E-state index contributed by atoms with van der Waals surface area (Å²) >= 11 is 1.20. The number of carbonyl (C=O) groups excluding carboxylic acids is 2. The van der Waals surface area contributed by atoms with Gasteiger partial charge in [0.05, 0.1) is 18.3 Å². The van der Waals surface area contributed by atoms with Gasteiger partial charge in [0.15, 0.2) is 0 Å². The van der Waals surface area contributed by atoms with Crippen molar-refractivity contribution in [3.63, 3.8) is 0 Å². The number of hydrogen-bond acceptors (Lipinski definition) is 6. The van der Waals surface area contributed by atoms with E-state index in [1.54, 1.807) is 17.5 Å². The Bertz CT molecular complexity index is 1340. The summed E-state index contributed by atoms with van der Waals surface area (Å²) in [6.45, 7) is 7.54. The van der Waals surface area contributed by atoms with Crippen LogP contribution in [0.25, 0.3) is 16.7 Å². The Morgan fingerprint density at radius 1 is 1.14 bits per heavy atom. The molecule has 0 atom stereocenters. The maximum atomic E-state index is 13.9. The molecular weight excluding hydrogens is 467 g/mol. The van der Waals surface area contributed by atoms with Crippen LogP contribution < -0.4 is 15.4 Å². The van der Waals surface area contributed by atoms with Crippen LogP contribution in [0, 0.1) is 5.82 Å². The van der Waals surface area contributed by atoms with Gasteiger partial charge >= 0.3 is 5.97 Å². The van der Waals surface area contributed by atoms with Crippen LogP contribution in [-0.4, -0.2) is 24.5 Å². The van der Waals surface area contributed by atoms with Gasteiger partial charge in [-0.25, -0.2) is 9.18 Å². The number of benzene rings is 2. The quantitative estimate of drug-likeness (QED) is 0.383. The van der Waals surface area contributed by atoms with Crippen LogP contribution in [0.4, 0.5) is 15.8 Å². The van der Waals surface area contributed by atoms with Crippen molar-refractivity contribution in [2.24, 2.45) is 0 Å². The zero-order chi connectivity index (χ0) is 25.3. The lowest BCUT2D eigenvalue weighted by molar-refractivity contribution is -0.114. The summed E-state index contributed by atoms with van der Waals surface area (Å²) in [6, 6.07) is 9.94. The molecule has 35 heavy (non-hydrogen) atoms. The first-order valence-corrected chi connectivity index (χ1v) is 12.0. The lowest BCUT2D eigenvalue weighted by Gasteiger charge is -2.33. The monoisotopic (exact) mass is 494 g/mol. The van der Waals surface area contributed by atoms with E-state index in [4.69, 9.17) is 9.47 Å². The third kappa shape index (κ3) is 5.07. The SMILES string of the molecule is COc1cc(F)ccc1-c1ccc2c(c1COC(=O)c1sccc1NC(C)=O)C(C)=CC(C)(C)N2. The third-order valence-electron chi connectivity index (χ3n) is 5.70. The van der Waals surface area contributed by atoms with Crippen molar-refractivity contribution in [3.05, 3.63) is 69.7 Å². The maximum Gasteiger partial charge on any atom is 0.350 e. The van der Waals surface area contributed by atoms with E-state index in [-0.39, 0.29) is 18.1 Å². The van der Waals surface area contributed by atoms with Gasteiger partial charge in [-0.1, -0.05) is 12.1 Å². The normalized spacial score (nSPS) is 13.8. The molecule has 4 rings (SSSR count). The van der Waals surface area contributed by atoms with E-state index in [1.165, 1.54) is 37.5 Å². The highest BCUT2D eigenvalue weighted by atomic mass is 32.1. The molecule has 0 saturated carbocycles. The van der Waals surface area contributed by atoms with Crippen molar-refractivity contribution in [2.45, 2.75) is 39.8 Å². The fraction of sp³-hybridized carbons (Fsp3) is 0.259. The highest BCUT2D eigenvalue weighted by molar-refractivity contribution is 7.12. The minimum Gasteiger partial charge on any atom is -0.496 e. The molecular formula is C27H27FN2O4S. The highest BCUT2D eigenvalue weighted by Gasteiger charge is 2.27. The van der Waals surface area contributed by atoms with Crippen molar-refractivity contribution in [1.29, 1.82) is 0 Å². The van der Waals surface area contributed by atoms with Crippen LogP contribution in [0.15, 0.2) is 47.9 Å². The van der Waals surface area contributed by atoms with Gasteiger partial charge in [-0.15, -0.1) is 11.3 Å². The number of amides is 1. The molecule has 1 aliphatic heterocycles. The Morgan fingerprint density at radius 3 is 2.60 bits per heavy atom. The van der Waals surface area contributed by atoms with Crippen LogP contribution in [-0.2, 0) is 16.1 Å². The van der Waals surface area contributed by atoms with Crippen LogP contribution in [0.3, 0.4) is 0 Å². The van der Waals surface area contributed by atoms with Gasteiger partial charge in [0.2, 0.25) is 5.91 Å². The van der Waals surface area contributed by atoms with Crippen molar-refractivity contribution >= 4 is 40.2 Å².